The summed E-state index contributed by atoms with van der Waals surface area (Å²) in [5, 5.41) is 17.1. The molecule has 0 saturated carbocycles. The molecule has 0 aromatic heterocycles. The van der Waals surface area contributed by atoms with Crippen molar-refractivity contribution in [3.63, 3.8) is 0 Å². The monoisotopic (exact) mass is 264 g/mol. The molecular formula is C11H36O6. The first-order chi connectivity index (χ1) is 7.22. The second-order valence-electron chi connectivity index (χ2n) is 3.26. The molecule has 6 N–H and O–H groups in total. The number of hydrogen-bond acceptors (Lipinski definition) is 4. The summed E-state index contributed by atoms with van der Waals surface area (Å²) in [5.74, 6) is 0. The third-order valence-corrected chi connectivity index (χ3v) is 1.57. The summed E-state index contributed by atoms with van der Waals surface area (Å²) in [5.41, 5.74) is 0. The molecule has 17 heavy (non-hydrogen) atoms. The molecular weight excluding hydrogens is 228 g/mol. The van der Waals surface area contributed by atoms with Gasteiger partial charge in [0.25, 0.3) is 0 Å². The number of aliphatic hydroxyl groups excluding tert-OH is 2. The molecule has 0 rings (SSSR count). The van der Waals surface area contributed by atoms with E-state index in [1.807, 2.05) is 0 Å². The fourth-order valence-corrected chi connectivity index (χ4v) is 0.723. The molecule has 0 bridgehead atoms. The summed E-state index contributed by atoms with van der Waals surface area (Å²) in [4.78, 5) is 0. The maximum absolute atomic E-state index is 8.78. The molecule has 0 heterocycles. The van der Waals surface area contributed by atoms with E-state index in [0.29, 0.717) is 6.61 Å². The number of hydrogen-bond donors (Lipinski definition) is 2. The molecule has 6 heteroatoms. The normalized spacial score (nSPS) is 10.4. The van der Waals surface area contributed by atoms with Gasteiger partial charge in [-0.1, -0.05) is 20.3 Å². The van der Waals surface area contributed by atoms with Crippen molar-refractivity contribution >= 4 is 0 Å². The predicted molar refractivity (Wildman–Crippen MR) is 74.6 cm³/mol. The standard InChI is InChI=1S/C7H16O3.C4H10O.2H2O.3H2/c1-2-3-4-10-6-7(9)5-8;1-3-4-5-2;;;;;/h7-9H,2-6H2,1H3;3-4H2,1-2H3;2*1H2;3*1H. The molecule has 0 spiro atoms. The van der Waals surface area contributed by atoms with Crippen molar-refractivity contribution < 1.29 is 34.9 Å². The maximum atomic E-state index is 8.78. The van der Waals surface area contributed by atoms with E-state index in [9.17, 15) is 0 Å². The molecule has 0 aliphatic heterocycles. The van der Waals surface area contributed by atoms with Gasteiger partial charge in [-0.2, -0.15) is 0 Å². The van der Waals surface area contributed by atoms with E-state index in [0.717, 1.165) is 25.9 Å². The van der Waals surface area contributed by atoms with Crippen molar-refractivity contribution in [1.82, 2.24) is 0 Å². The summed E-state index contributed by atoms with van der Waals surface area (Å²) in [7, 11) is 1.71. The minimum atomic E-state index is -0.711. The van der Waals surface area contributed by atoms with Crippen LogP contribution in [0.5, 0.6) is 0 Å². The summed E-state index contributed by atoms with van der Waals surface area (Å²) in [6.07, 6.45) is 2.51. The van der Waals surface area contributed by atoms with Gasteiger partial charge in [0.15, 0.2) is 0 Å². The highest BCUT2D eigenvalue weighted by molar-refractivity contribution is 4.48. The quantitative estimate of drug-likeness (QED) is 0.611. The van der Waals surface area contributed by atoms with Crippen LogP contribution >= 0.6 is 0 Å². The second-order valence-corrected chi connectivity index (χ2v) is 3.26. The van der Waals surface area contributed by atoms with Gasteiger partial charge in [-0.15, -0.1) is 0 Å². The highest BCUT2D eigenvalue weighted by Crippen LogP contribution is 1.89. The zero-order chi connectivity index (χ0) is 11.9. The lowest BCUT2D eigenvalue weighted by molar-refractivity contribution is 0.00557. The van der Waals surface area contributed by atoms with E-state index in [1.165, 1.54) is 0 Å². The molecule has 0 saturated heterocycles. The molecule has 116 valence electrons. The Kier molecular flexibility index (Phi) is 37.3. The molecule has 6 nitrogen and oxygen atoms in total. The number of rotatable bonds is 8. The number of aliphatic hydroxyl groups is 2. The van der Waals surface area contributed by atoms with Crippen molar-refractivity contribution in [3.8, 4) is 0 Å². The van der Waals surface area contributed by atoms with Crippen LogP contribution in [0, 0.1) is 0 Å². The van der Waals surface area contributed by atoms with Crippen molar-refractivity contribution in [2.24, 2.45) is 0 Å². The van der Waals surface area contributed by atoms with Gasteiger partial charge in [-0.05, 0) is 12.8 Å². The summed E-state index contributed by atoms with van der Waals surface area (Å²) >= 11 is 0. The van der Waals surface area contributed by atoms with Crippen LogP contribution in [0.2, 0.25) is 0 Å². The van der Waals surface area contributed by atoms with Gasteiger partial charge < -0.3 is 30.6 Å². The smallest absolute Gasteiger partial charge is 0.100 e. The minimum absolute atomic E-state index is 0. The first-order valence-corrected chi connectivity index (χ1v) is 5.58. The van der Waals surface area contributed by atoms with E-state index < -0.39 is 6.10 Å². The highest BCUT2D eigenvalue weighted by Gasteiger charge is 1.99. The van der Waals surface area contributed by atoms with Crippen LogP contribution in [0.25, 0.3) is 0 Å². The van der Waals surface area contributed by atoms with Crippen molar-refractivity contribution in [2.45, 2.75) is 39.2 Å². The third kappa shape index (κ3) is 31.3. The Balaban J connectivity index is -0.0000000303. The van der Waals surface area contributed by atoms with E-state index in [-0.39, 0.29) is 28.4 Å². The van der Waals surface area contributed by atoms with Crippen LogP contribution in [0.4, 0.5) is 0 Å². The van der Waals surface area contributed by atoms with Gasteiger partial charge >= 0.3 is 0 Å². The number of ether oxygens (including phenoxy) is 2. The molecule has 1 unspecified atom stereocenters. The van der Waals surface area contributed by atoms with E-state index in [2.05, 4.69) is 13.8 Å². The fraction of sp³-hybridized carbons (Fsp3) is 1.00. The average Bonchev–Trinajstić information content (AvgIpc) is 2.26. The lowest BCUT2D eigenvalue weighted by Gasteiger charge is -2.06. The van der Waals surface area contributed by atoms with E-state index in [1.54, 1.807) is 7.11 Å². The zero-order valence-electron chi connectivity index (χ0n) is 11.2. The van der Waals surface area contributed by atoms with Crippen LogP contribution < -0.4 is 0 Å². The van der Waals surface area contributed by atoms with Gasteiger partial charge in [0, 0.05) is 24.6 Å². The summed E-state index contributed by atoms with van der Waals surface area (Å²) in [6, 6.07) is 0. The molecule has 0 radical (unpaired) electrons. The molecule has 0 aromatic rings. The summed E-state index contributed by atoms with van der Waals surface area (Å²) in [6.45, 7) is 5.76. The van der Waals surface area contributed by atoms with Crippen molar-refractivity contribution in [2.75, 3.05) is 33.5 Å². The van der Waals surface area contributed by atoms with Crippen LogP contribution in [-0.2, 0) is 9.47 Å². The largest absolute Gasteiger partial charge is 0.412 e. The van der Waals surface area contributed by atoms with Gasteiger partial charge in [0.05, 0.1) is 13.2 Å². The van der Waals surface area contributed by atoms with Gasteiger partial charge in [-0.3, -0.25) is 0 Å². The Hall–Kier alpha value is -0.240. The first kappa shape index (κ1) is 25.6. The van der Waals surface area contributed by atoms with Crippen LogP contribution in [0.15, 0.2) is 0 Å². The first-order valence-electron chi connectivity index (χ1n) is 5.58. The maximum Gasteiger partial charge on any atom is 0.100 e. The summed E-state index contributed by atoms with van der Waals surface area (Å²) < 4.78 is 9.71. The predicted octanol–water partition coefficient (Wildman–Crippen LogP) is 0.288. The van der Waals surface area contributed by atoms with E-state index in [4.69, 9.17) is 19.7 Å². The highest BCUT2D eigenvalue weighted by atomic mass is 16.5. The Morgan fingerprint density at radius 3 is 2.00 bits per heavy atom. The van der Waals surface area contributed by atoms with Crippen LogP contribution in [0.3, 0.4) is 0 Å². The topological polar surface area (TPSA) is 122 Å². The Bertz CT molecular complexity index is 112. The Morgan fingerprint density at radius 1 is 1.12 bits per heavy atom. The Labute approximate surface area is 109 Å². The van der Waals surface area contributed by atoms with E-state index >= 15 is 0 Å². The van der Waals surface area contributed by atoms with Gasteiger partial charge in [-0.25, -0.2) is 0 Å². The molecule has 0 fully saturated rings. The average molecular weight is 264 g/mol. The van der Waals surface area contributed by atoms with Crippen LogP contribution in [-0.4, -0.2) is 60.8 Å². The molecule has 0 aromatic carbocycles. The third-order valence-electron chi connectivity index (χ3n) is 1.57. The number of unbranched alkanes of at least 4 members (excludes halogenated alkanes) is 1. The zero-order valence-corrected chi connectivity index (χ0v) is 11.2. The lowest BCUT2D eigenvalue weighted by atomic mass is 10.3. The SMILES string of the molecule is CCCCOCC(O)CO.CCCOC.O.O.[HH].[HH].[HH]. The lowest BCUT2D eigenvalue weighted by Crippen LogP contribution is -2.19. The fourth-order valence-electron chi connectivity index (χ4n) is 0.723. The molecule has 1 atom stereocenters. The minimum Gasteiger partial charge on any atom is -0.412 e. The Morgan fingerprint density at radius 2 is 1.71 bits per heavy atom. The number of methoxy groups -OCH3 is 1. The second kappa shape index (κ2) is 24.8. The van der Waals surface area contributed by atoms with Gasteiger partial charge in [0.1, 0.15) is 6.10 Å². The molecule has 0 aliphatic rings. The van der Waals surface area contributed by atoms with Crippen molar-refractivity contribution in [1.29, 1.82) is 0 Å². The molecule has 0 aliphatic carbocycles. The molecule has 0 amide bonds. The van der Waals surface area contributed by atoms with Gasteiger partial charge in [0.2, 0.25) is 0 Å². The van der Waals surface area contributed by atoms with Crippen molar-refractivity contribution in [3.05, 3.63) is 0 Å². The van der Waals surface area contributed by atoms with Crippen LogP contribution in [0.1, 0.15) is 37.4 Å².